The Morgan fingerprint density at radius 1 is 1.22 bits per heavy atom. The van der Waals surface area contributed by atoms with Crippen molar-refractivity contribution in [2.45, 2.75) is 32.4 Å². The van der Waals surface area contributed by atoms with E-state index in [2.05, 4.69) is 23.7 Å². The number of methoxy groups -OCH3 is 1. The number of hydrogen-bond donors (Lipinski definition) is 0. The van der Waals surface area contributed by atoms with E-state index in [0.717, 1.165) is 36.0 Å². The fraction of sp³-hybridized carbons (Fsp3) is 0.500. The number of anilines is 1. The van der Waals surface area contributed by atoms with Crippen LogP contribution in [0.5, 0.6) is 5.75 Å². The third-order valence-electron chi connectivity index (χ3n) is 5.26. The van der Waals surface area contributed by atoms with E-state index in [4.69, 9.17) is 9.72 Å². The Bertz CT molecular complexity index is 977. The summed E-state index contributed by atoms with van der Waals surface area (Å²) in [5.41, 5.74) is 1.68. The predicted octanol–water partition coefficient (Wildman–Crippen LogP) is 3.41. The molecule has 0 atom stereocenters. The normalized spacial score (nSPS) is 14.0. The van der Waals surface area contributed by atoms with Crippen molar-refractivity contribution >= 4 is 29.2 Å². The van der Waals surface area contributed by atoms with Crippen LogP contribution in [0.1, 0.15) is 36.8 Å². The van der Waals surface area contributed by atoms with Gasteiger partial charge in [0.05, 0.1) is 17.8 Å². The number of benzene rings is 1. The van der Waals surface area contributed by atoms with Gasteiger partial charge in [0.15, 0.2) is 5.75 Å². The van der Waals surface area contributed by atoms with Crippen LogP contribution in [0.15, 0.2) is 24.3 Å². The van der Waals surface area contributed by atoms with Crippen molar-refractivity contribution < 1.29 is 14.5 Å². The van der Waals surface area contributed by atoms with Crippen molar-refractivity contribution in [3.63, 3.8) is 0 Å². The Morgan fingerprint density at radius 3 is 2.56 bits per heavy atom. The first kappa shape index (κ1) is 23.8. The Labute approximate surface area is 192 Å². The molecule has 2 aromatic rings. The molecule has 3 rings (SSSR count). The maximum absolute atomic E-state index is 12.6. The van der Waals surface area contributed by atoms with Crippen molar-refractivity contribution in [1.82, 2.24) is 14.9 Å². The summed E-state index contributed by atoms with van der Waals surface area (Å²) in [6.07, 6.45) is 0. The molecule has 0 bridgehead atoms. The van der Waals surface area contributed by atoms with Gasteiger partial charge in [-0.05, 0) is 18.6 Å². The van der Waals surface area contributed by atoms with Gasteiger partial charge in [0.2, 0.25) is 5.91 Å². The van der Waals surface area contributed by atoms with Gasteiger partial charge in [0.1, 0.15) is 11.6 Å². The van der Waals surface area contributed by atoms with Gasteiger partial charge in [-0.2, -0.15) is 0 Å². The molecule has 0 saturated carbocycles. The summed E-state index contributed by atoms with van der Waals surface area (Å²) in [5.74, 6) is 3.20. The molecule has 1 aliphatic rings. The third kappa shape index (κ3) is 5.87. The Morgan fingerprint density at radius 2 is 1.94 bits per heavy atom. The maximum atomic E-state index is 12.6. The first-order valence-electron chi connectivity index (χ1n) is 10.6. The number of ether oxygens (including phenoxy) is 1. The summed E-state index contributed by atoms with van der Waals surface area (Å²) in [7, 11) is 1.41. The Balaban J connectivity index is 1.50. The molecule has 0 radical (unpaired) electrons. The number of thioether (sulfide) groups is 1. The van der Waals surface area contributed by atoms with Gasteiger partial charge in [-0.1, -0.05) is 19.9 Å². The van der Waals surface area contributed by atoms with Crippen LogP contribution >= 0.6 is 11.8 Å². The standard InChI is InChI=1S/C22H29N5O4S/c1-15(2)22-23-16(3)11-20(24-22)25-7-9-26(10-8-25)21(28)14-32-13-17-5-6-19(31-4)18(12-17)27(29)30/h5-6,11-12,15H,7-10,13-14H2,1-4H3. The number of aromatic nitrogens is 2. The minimum absolute atomic E-state index is 0.0615. The molecule has 0 aliphatic carbocycles. The Hall–Kier alpha value is -2.88. The van der Waals surface area contributed by atoms with Crippen LogP contribution in [0.25, 0.3) is 0 Å². The number of rotatable bonds is 8. The van der Waals surface area contributed by atoms with E-state index in [1.165, 1.54) is 24.9 Å². The number of nitro groups is 1. The number of piperazine rings is 1. The number of nitrogens with zero attached hydrogens (tertiary/aromatic N) is 5. The van der Waals surface area contributed by atoms with E-state index < -0.39 is 4.92 Å². The molecule has 0 spiro atoms. The molecular weight excluding hydrogens is 430 g/mol. The highest BCUT2D eigenvalue weighted by Gasteiger charge is 2.23. The molecule has 1 saturated heterocycles. The molecule has 1 aliphatic heterocycles. The minimum atomic E-state index is -0.457. The fourth-order valence-electron chi connectivity index (χ4n) is 3.50. The van der Waals surface area contributed by atoms with Crippen molar-refractivity contribution in [3.8, 4) is 5.75 Å². The minimum Gasteiger partial charge on any atom is -0.490 e. The molecule has 1 aromatic carbocycles. The van der Waals surface area contributed by atoms with Crippen LogP contribution in [0.2, 0.25) is 0 Å². The van der Waals surface area contributed by atoms with Crippen molar-refractivity contribution in [1.29, 1.82) is 0 Å². The second-order valence-electron chi connectivity index (χ2n) is 8.00. The van der Waals surface area contributed by atoms with Crippen molar-refractivity contribution in [2.24, 2.45) is 0 Å². The summed E-state index contributed by atoms with van der Waals surface area (Å²) in [4.78, 5) is 36.6. The maximum Gasteiger partial charge on any atom is 0.311 e. The number of carbonyl (C=O) groups is 1. The lowest BCUT2D eigenvalue weighted by Crippen LogP contribution is -2.49. The van der Waals surface area contributed by atoms with Crippen molar-refractivity contribution in [3.05, 3.63) is 51.5 Å². The van der Waals surface area contributed by atoms with Gasteiger partial charge in [-0.3, -0.25) is 14.9 Å². The van der Waals surface area contributed by atoms with E-state index in [-0.39, 0.29) is 23.3 Å². The molecule has 32 heavy (non-hydrogen) atoms. The summed E-state index contributed by atoms with van der Waals surface area (Å²) in [6.45, 7) is 8.89. The van der Waals surface area contributed by atoms with Crippen LogP contribution in [0, 0.1) is 17.0 Å². The number of carbonyl (C=O) groups excluding carboxylic acids is 1. The average molecular weight is 460 g/mol. The zero-order chi connectivity index (χ0) is 23.3. The van der Waals surface area contributed by atoms with E-state index in [1.54, 1.807) is 12.1 Å². The molecule has 9 nitrogen and oxygen atoms in total. The van der Waals surface area contributed by atoms with E-state index in [0.29, 0.717) is 24.6 Å². The molecule has 172 valence electrons. The van der Waals surface area contributed by atoms with Gasteiger partial charge in [-0.15, -0.1) is 11.8 Å². The van der Waals surface area contributed by atoms with Crippen LogP contribution in [0.4, 0.5) is 11.5 Å². The smallest absolute Gasteiger partial charge is 0.311 e. The molecule has 0 unspecified atom stereocenters. The second kappa shape index (κ2) is 10.6. The molecule has 2 heterocycles. The highest BCUT2D eigenvalue weighted by molar-refractivity contribution is 7.99. The number of amides is 1. The SMILES string of the molecule is COc1ccc(CSCC(=O)N2CCN(c3cc(C)nc(C(C)C)n3)CC2)cc1[N+](=O)[O-]. The first-order valence-corrected chi connectivity index (χ1v) is 11.7. The lowest BCUT2D eigenvalue weighted by Gasteiger charge is -2.35. The zero-order valence-electron chi connectivity index (χ0n) is 18.9. The van der Waals surface area contributed by atoms with E-state index >= 15 is 0 Å². The molecule has 1 aromatic heterocycles. The van der Waals surface area contributed by atoms with Crippen molar-refractivity contribution in [2.75, 3.05) is 43.9 Å². The molecule has 10 heteroatoms. The third-order valence-corrected chi connectivity index (χ3v) is 6.25. The van der Waals surface area contributed by atoms with Crippen LogP contribution in [-0.2, 0) is 10.5 Å². The van der Waals surface area contributed by atoms with Crippen LogP contribution in [0.3, 0.4) is 0 Å². The fourth-order valence-corrected chi connectivity index (χ4v) is 4.37. The lowest BCUT2D eigenvalue weighted by atomic mass is 10.2. The highest BCUT2D eigenvalue weighted by Crippen LogP contribution is 2.29. The number of nitro benzene ring substituents is 1. The van der Waals surface area contributed by atoms with Crippen LogP contribution in [-0.4, -0.2) is 64.7 Å². The van der Waals surface area contributed by atoms with E-state index in [9.17, 15) is 14.9 Å². The number of aryl methyl sites for hydroxylation is 1. The number of hydrogen-bond acceptors (Lipinski definition) is 8. The second-order valence-corrected chi connectivity index (χ2v) is 8.99. The summed E-state index contributed by atoms with van der Waals surface area (Å²) >= 11 is 1.46. The topological polar surface area (TPSA) is 102 Å². The predicted molar refractivity (Wildman–Crippen MR) is 125 cm³/mol. The monoisotopic (exact) mass is 459 g/mol. The highest BCUT2D eigenvalue weighted by atomic mass is 32.2. The largest absolute Gasteiger partial charge is 0.490 e. The first-order chi connectivity index (χ1) is 15.3. The quantitative estimate of drug-likeness (QED) is 0.437. The van der Waals surface area contributed by atoms with Gasteiger partial charge < -0.3 is 14.5 Å². The molecule has 1 fully saturated rings. The molecule has 1 amide bonds. The summed E-state index contributed by atoms with van der Waals surface area (Å²) < 4.78 is 5.03. The summed E-state index contributed by atoms with van der Waals surface area (Å²) in [5, 5.41) is 11.2. The van der Waals surface area contributed by atoms with Gasteiger partial charge in [0.25, 0.3) is 0 Å². The average Bonchev–Trinajstić information content (AvgIpc) is 2.78. The Kier molecular flexibility index (Phi) is 7.89. The molecule has 0 N–H and O–H groups in total. The van der Waals surface area contributed by atoms with Gasteiger partial charge in [-0.25, -0.2) is 9.97 Å². The van der Waals surface area contributed by atoms with Crippen LogP contribution < -0.4 is 9.64 Å². The van der Waals surface area contributed by atoms with Gasteiger partial charge >= 0.3 is 5.69 Å². The van der Waals surface area contributed by atoms with E-state index in [1.807, 2.05) is 17.9 Å². The summed E-state index contributed by atoms with van der Waals surface area (Å²) in [6, 6.07) is 6.88. The van der Waals surface area contributed by atoms with Gasteiger partial charge in [0, 0.05) is 55.7 Å². The molecular formula is C22H29N5O4S. The zero-order valence-corrected chi connectivity index (χ0v) is 19.7. The lowest BCUT2D eigenvalue weighted by molar-refractivity contribution is -0.385.